The van der Waals surface area contributed by atoms with Crippen LogP contribution in [0.1, 0.15) is 25.8 Å². The first-order valence-electron chi connectivity index (χ1n) is 6.96. The summed E-state index contributed by atoms with van der Waals surface area (Å²) in [6, 6.07) is 5.71. The van der Waals surface area contributed by atoms with Gasteiger partial charge in [-0.05, 0) is 31.5 Å². The summed E-state index contributed by atoms with van der Waals surface area (Å²) in [4.78, 5) is 12.2. The lowest BCUT2D eigenvalue weighted by atomic mass is 9.94. The van der Waals surface area contributed by atoms with Gasteiger partial charge < -0.3 is 10.6 Å². The number of halogens is 3. The van der Waals surface area contributed by atoms with Gasteiger partial charge in [-0.3, -0.25) is 4.79 Å². The fraction of sp³-hybridized carbons (Fsp3) is 0.533. The van der Waals surface area contributed by atoms with Crippen molar-refractivity contribution < 1.29 is 4.79 Å². The molecule has 2 N–H and O–H groups in total. The average Bonchev–Trinajstić information content (AvgIpc) is 2.42. The van der Waals surface area contributed by atoms with Crippen molar-refractivity contribution in [2.45, 2.75) is 31.8 Å². The van der Waals surface area contributed by atoms with Crippen molar-refractivity contribution in [2.24, 2.45) is 0 Å². The highest BCUT2D eigenvalue weighted by Gasteiger charge is 2.25. The summed E-state index contributed by atoms with van der Waals surface area (Å²) in [7, 11) is 0. The Hall–Kier alpha value is -0.130. The van der Waals surface area contributed by atoms with Crippen LogP contribution >= 0.6 is 47.4 Å². The minimum Gasteiger partial charge on any atom is -0.347 e. The molecule has 124 valence electrons. The SMILES string of the molecule is CC(C)(NC(=O)CC1CSCCN1)c1ccc(Cl)c(Cl)c1.Cl. The zero-order valence-electron chi connectivity index (χ0n) is 12.6. The maximum absolute atomic E-state index is 12.2. The second kappa shape index (κ2) is 8.65. The molecule has 0 saturated carbocycles. The van der Waals surface area contributed by atoms with E-state index in [1.54, 1.807) is 12.1 Å². The molecule has 1 aliphatic heterocycles. The van der Waals surface area contributed by atoms with Crippen LogP contribution in [0.4, 0.5) is 0 Å². The number of hydrogen-bond acceptors (Lipinski definition) is 3. The van der Waals surface area contributed by atoms with E-state index >= 15 is 0 Å². The van der Waals surface area contributed by atoms with Crippen molar-refractivity contribution in [1.82, 2.24) is 10.6 Å². The maximum Gasteiger partial charge on any atom is 0.222 e. The molecule has 3 nitrogen and oxygen atoms in total. The smallest absolute Gasteiger partial charge is 0.222 e. The molecule has 0 bridgehead atoms. The van der Waals surface area contributed by atoms with Crippen molar-refractivity contribution in [2.75, 3.05) is 18.1 Å². The normalized spacial score (nSPS) is 18.5. The summed E-state index contributed by atoms with van der Waals surface area (Å²) in [5.74, 6) is 2.15. The first-order chi connectivity index (χ1) is 9.88. The molecular weight excluding hydrogens is 363 g/mol. The van der Waals surface area contributed by atoms with E-state index in [0.717, 1.165) is 23.6 Å². The van der Waals surface area contributed by atoms with E-state index < -0.39 is 5.54 Å². The third-order valence-corrected chi connectivity index (χ3v) is 5.39. The first-order valence-corrected chi connectivity index (χ1v) is 8.87. The summed E-state index contributed by atoms with van der Waals surface area (Å²) >= 11 is 13.9. The third kappa shape index (κ3) is 5.50. The monoisotopic (exact) mass is 382 g/mol. The van der Waals surface area contributed by atoms with Crippen LogP contribution < -0.4 is 10.6 Å². The molecule has 0 aliphatic carbocycles. The van der Waals surface area contributed by atoms with E-state index in [1.807, 2.05) is 31.7 Å². The van der Waals surface area contributed by atoms with E-state index in [1.165, 1.54) is 0 Å². The van der Waals surface area contributed by atoms with Crippen LogP contribution in [0.3, 0.4) is 0 Å². The molecule has 1 fully saturated rings. The lowest BCUT2D eigenvalue weighted by molar-refractivity contribution is -0.123. The second-order valence-corrected chi connectivity index (χ2v) is 7.70. The predicted molar refractivity (Wildman–Crippen MR) is 98.6 cm³/mol. The third-order valence-electron chi connectivity index (χ3n) is 3.52. The molecule has 2 rings (SSSR count). The Morgan fingerprint density at radius 3 is 2.73 bits per heavy atom. The summed E-state index contributed by atoms with van der Waals surface area (Å²) in [5.41, 5.74) is 0.462. The predicted octanol–water partition coefficient (Wildman–Crippen LogP) is 3.86. The van der Waals surface area contributed by atoms with Crippen LogP contribution in [-0.2, 0) is 10.3 Å². The van der Waals surface area contributed by atoms with Gasteiger partial charge in [0.25, 0.3) is 0 Å². The lowest BCUT2D eigenvalue weighted by Gasteiger charge is -2.29. The molecule has 1 aromatic carbocycles. The van der Waals surface area contributed by atoms with Gasteiger partial charge in [-0.25, -0.2) is 0 Å². The molecule has 7 heteroatoms. The number of thioether (sulfide) groups is 1. The molecule has 1 saturated heterocycles. The van der Waals surface area contributed by atoms with Crippen LogP contribution in [-0.4, -0.2) is 30.0 Å². The highest BCUT2D eigenvalue weighted by molar-refractivity contribution is 7.99. The second-order valence-electron chi connectivity index (χ2n) is 5.73. The minimum atomic E-state index is -0.479. The number of benzene rings is 1. The summed E-state index contributed by atoms with van der Waals surface area (Å²) in [5, 5.41) is 7.47. The number of rotatable bonds is 4. The average molecular weight is 384 g/mol. The van der Waals surface area contributed by atoms with Crippen molar-refractivity contribution in [3.05, 3.63) is 33.8 Å². The molecule has 1 heterocycles. The van der Waals surface area contributed by atoms with Gasteiger partial charge in [0, 0.05) is 30.5 Å². The standard InChI is InChI=1S/C15H20Cl2N2OS.ClH/c1-15(2,10-3-4-12(16)13(17)7-10)19-14(20)8-11-9-21-6-5-18-11;/h3-4,7,11,18H,5-6,8-9H2,1-2H3,(H,19,20);1H. The lowest BCUT2D eigenvalue weighted by Crippen LogP contribution is -2.46. The Kier molecular flexibility index (Phi) is 7.83. The van der Waals surface area contributed by atoms with E-state index in [2.05, 4.69) is 10.6 Å². The minimum absolute atomic E-state index is 0. The summed E-state index contributed by atoms with van der Waals surface area (Å²) < 4.78 is 0. The molecule has 1 amide bonds. The number of carbonyl (C=O) groups excluding carboxylic acids is 1. The number of carbonyl (C=O) groups is 1. The van der Waals surface area contributed by atoms with Gasteiger partial charge in [0.2, 0.25) is 5.91 Å². The first kappa shape index (κ1) is 19.9. The fourth-order valence-electron chi connectivity index (χ4n) is 2.33. The molecule has 22 heavy (non-hydrogen) atoms. The van der Waals surface area contributed by atoms with Crippen molar-refractivity contribution >= 4 is 53.3 Å². The van der Waals surface area contributed by atoms with E-state index in [9.17, 15) is 4.79 Å². The van der Waals surface area contributed by atoms with E-state index in [0.29, 0.717) is 16.5 Å². The van der Waals surface area contributed by atoms with Gasteiger partial charge in [-0.1, -0.05) is 29.3 Å². The molecule has 1 unspecified atom stereocenters. The molecule has 0 spiro atoms. The van der Waals surface area contributed by atoms with Crippen molar-refractivity contribution in [3.8, 4) is 0 Å². The largest absolute Gasteiger partial charge is 0.347 e. The fourth-order valence-corrected chi connectivity index (χ4v) is 3.58. The van der Waals surface area contributed by atoms with Gasteiger partial charge >= 0.3 is 0 Å². The Balaban J connectivity index is 0.00000242. The molecular formula is C15H21Cl3N2OS. The van der Waals surface area contributed by atoms with Crippen LogP contribution in [0.2, 0.25) is 10.0 Å². The Labute approximate surface area is 152 Å². The number of nitrogens with one attached hydrogen (secondary N) is 2. The van der Waals surface area contributed by atoms with Gasteiger partial charge in [-0.2, -0.15) is 11.8 Å². The Morgan fingerprint density at radius 1 is 1.41 bits per heavy atom. The molecule has 1 aliphatic rings. The highest BCUT2D eigenvalue weighted by atomic mass is 35.5. The van der Waals surface area contributed by atoms with Crippen LogP contribution in [0, 0.1) is 0 Å². The summed E-state index contributed by atoms with van der Waals surface area (Å²) in [6.45, 7) is 4.90. The van der Waals surface area contributed by atoms with Crippen molar-refractivity contribution in [1.29, 1.82) is 0 Å². The van der Waals surface area contributed by atoms with Crippen LogP contribution in [0.5, 0.6) is 0 Å². The van der Waals surface area contributed by atoms with E-state index in [-0.39, 0.29) is 24.4 Å². The summed E-state index contributed by atoms with van der Waals surface area (Å²) in [6.07, 6.45) is 0.498. The topological polar surface area (TPSA) is 41.1 Å². The van der Waals surface area contributed by atoms with Gasteiger partial charge in [-0.15, -0.1) is 12.4 Å². The number of hydrogen-bond donors (Lipinski definition) is 2. The quantitative estimate of drug-likeness (QED) is 0.829. The molecule has 1 aromatic rings. The molecule has 0 radical (unpaired) electrons. The van der Waals surface area contributed by atoms with Gasteiger partial charge in [0.15, 0.2) is 0 Å². The van der Waals surface area contributed by atoms with Crippen molar-refractivity contribution in [3.63, 3.8) is 0 Å². The zero-order valence-corrected chi connectivity index (χ0v) is 15.8. The number of amides is 1. The Bertz CT molecular complexity index is 520. The highest BCUT2D eigenvalue weighted by Crippen LogP contribution is 2.28. The van der Waals surface area contributed by atoms with Crippen LogP contribution in [0.15, 0.2) is 18.2 Å². The maximum atomic E-state index is 12.2. The van der Waals surface area contributed by atoms with Crippen LogP contribution in [0.25, 0.3) is 0 Å². The Morgan fingerprint density at radius 2 is 2.14 bits per heavy atom. The van der Waals surface area contributed by atoms with Gasteiger partial charge in [0.05, 0.1) is 15.6 Å². The molecule has 1 atom stereocenters. The van der Waals surface area contributed by atoms with E-state index in [4.69, 9.17) is 23.2 Å². The zero-order chi connectivity index (χ0) is 15.5. The molecule has 0 aromatic heterocycles. The van der Waals surface area contributed by atoms with Gasteiger partial charge in [0.1, 0.15) is 0 Å².